The Labute approximate surface area is 159 Å². The molecule has 1 amide bonds. The van der Waals surface area contributed by atoms with Crippen LogP contribution in [0.2, 0.25) is 0 Å². The molecule has 3 N–H and O–H groups in total. The van der Waals surface area contributed by atoms with Crippen LogP contribution in [-0.4, -0.2) is 47.5 Å². The van der Waals surface area contributed by atoms with Gasteiger partial charge in [0.05, 0.1) is 25.3 Å². The minimum absolute atomic E-state index is 0. The number of carbonyl (C=O) groups is 1. The number of amides is 1. The molecule has 8 heteroatoms. The van der Waals surface area contributed by atoms with Crippen LogP contribution in [0.25, 0.3) is 0 Å². The van der Waals surface area contributed by atoms with E-state index >= 15 is 0 Å². The van der Waals surface area contributed by atoms with Crippen molar-refractivity contribution < 1.29 is 14.6 Å². The standard InChI is InChI=1S/C18H24N4O3.ClH/c1-22-11-13(7-21-22)15-8-19-9-16(15)18(24)20-10-17(23)12-3-5-14(25-2)6-4-12;/h3-7,11,15-17,19,23H,8-10H2,1-2H3,(H,20,24);1H/t15-,16+,17?;/m1./s1. The van der Waals surface area contributed by atoms with Crippen LogP contribution in [0.3, 0.4) is 0 Å². The Kier molecular flexibility index (Phi) is 7.02. The van der Waals surface area contributed by atoms with Crippen LogP contribution in [0, 0.1) is 5.92 Å². The maximum Gasteiger partial charge on any atom is 0.225 e. The highest BCUT2D eigenvalue weighted by molar-refractivity contribution is 5.85. The number of hydrogen-bond donors (Lipinski definition) is 3. The number of aliphatic hydroxyl groups excluding tert-OH is 1. The molecule has 1 aromatic carbocycles. The molecule has 142 valence electrons. The van der Waals surface area contributed by atoms with Crippen molar-refractivity contribution in [1.82, 2.24) is 20.4 Å². The molecule has 26 heavy (non-hydrogen) atoms. The first kappa shape index (κ1) is 20.2. The average molecular weight is 381 g/mol. The van der Waals surface area contributed by atoms with Crippen molar-refractivity contribution in [3.05, 3.63) is 47.8 Å². The molecule has 0 spiro atoms. The zero-order valence-corrected chi connectivity index (χ0v) is 15.7. The van der Waals surface area contributed by atoms with E-state index in [0.717, 1.165) is 23.4 Å². The van der Waals surface area contributed by atoms with Crippen molar-refractivity contribution >= 4 is 18.3 Å². The molecular formula is C18H25ClN4O3. The molecule has 3 atom stereocenters. The predicted molar refractivity (Wildman–Crippen MR) is 101 cm³/mol. The van der Waals surface area contributed by atoms with Gasteiger partial charge in [-0.3, -0.25) is 9.48 Å². The summed E-state index contributed by atoms with van der Waals surface area (Å²) in [6.45, 7) is 1.57. The average Bonchev–Trinajstić information content (AvgIpc) is 3.28. The molecule has 1 saturated heterocycles. The molecule has 7 nitrogen and oxygen atoms in total. The SMILES string of the molecule is COc1ccc(C(O)CNC(=O)[C@H]2CNC[C@@H]2c2cnn(C)c2)cc1.Cl. The quantitative estimate of drug-likeness (QED) is 0.696. The number of nitrogens with zero attached hydrogens (tertiary/aromatic N) is 2. The Bertz CT molecular complexity index is 719. The smallest absolute Gasteiger partial charge is 0.225 e. The van der Waals surface area contributed by atoms with Crippen molar-refractivity contribution in [3.63, 3.8) is 0 Å². The lowest BCUT2D eigenvalue weighted by Crippen LogP contribution is -2.36. The van der Waals surface area contributed by atoms with Gasteiger partial charge < -0.3 is 20.5 Å². The Morgan fingerprint density at radius 1 is 1.42 bits per heavy atom. The van der Waals surface area contributed by atoms with Gasteiger partial charge in [-0.05, 0) is 23.3 Å². The first-order valence-electron chi connectivity index (χ1n) is 8.37. The third-order valence-corrected chi connectivity index (χ3v) is 4.67. The third kappa shape index (κ3) is 4.55. The monoisotopic (exact) mass is 380 g/mol. The van der Waals surface area contributed by atoms with E-state index in [1.54, 1.807) is 36.1 Å². The molecule has 0 aliphatic carbocycles. The number of halogens is 1. The number of nitrogens with one attached hydrogen (secondary N) is 2. The molecule has 1 unspecified atom stereocenters. The maximum atomic E-state index is 12.6. The van der Waals surface area contributed by atoms with Gasteiger partial charge in [0.25, 0.3) is 0 Å². The molecule has 1 fully saturated rings. The van der Waals surface area contributed by atoms with Gasteiger partial charge in [0.15, 0.2) is 0 Å². The van der Waals surface area contributed by atoms with Crippen LogP contribution in [0.4, 0.5) is 0 Å². The Morgan fingerprint density at radius 2 is 2.15 bits per heavy atom. The van der Waals surface area contributed by atoms with E-state index in [4.69, 9.17) is 4.74 Å². The van der Waals surface area contributed by atoms with E-state index in [-0.39, 0.29) is 36.7 Å². The lowest BCUT2D eigenvalue weighted by molar-refractivity contribution is -0.125. The third-order valence-electron chi connectivity index (χ3n) is 4.67. The number of rotatable bonds is 6. The summed E-state index contributed by atoms with van der Waals surface area (Å²) >= 11 is 0. The number of hydrogen-bond acceptors (Lipinski definition) is 5. The van der Waals surface area contributed by atoms with Crippen molar-refractivity contribution in [2.45, 2.75) is 12.0 Å². The minimum Gasteiger partial charge on any atom is -0.497 e. The highest BCUT2D eigenvalue weighted by Crippen LogP contribution is 2.28. The molecule has 3 rings (SSSR count). The van der Waals surface area contributed by atoms with E-state index in [9.17, 15) is 9.90 Å². The minimum atomic E-state index is -0.749. The Morgan fingerprint density at radius 3 is 2.77 bits per heavy atom. The number of aryl methyl sites for hydroxylation is 1. The molecule has 0 radical (unpaired) electrons. The van der Waals surface area contributed by atoms with E-state index in [0.29, 0.717) is 6.54 Å². The lowest BCUT2D eigenvalue weighted by atomic mass is 9.90. The number of ether oxygens (including phenoxy) is 1. The van der Waals surface area contributed by atoms with Crippen molar-refractivity contribution in [2.75, 3.05) is 26.7 Å². The topological polar surface area (TPSA) is 88.4 Å². The molecule has 1 aliphatic rings. The second kappa shape index (κ2) is 9.02. The molecular weight excluding hydrogens is 356 g/mol. The van der Waals surface area contributed by atoms with Crippen LogP contribution in [0.5, 0.6) is 5.75 Å². The summed E-state index contributed by atoms with van der Waals surface area (Å²) in [5.74, 6) is 0.627. The van der Waals surface area contributed by atoms with Gasteiger partial charge in [0.2, 0.25) is 5.91 Å². The first-order valence-corrected chi connectivity index (χ1v) is 8.37. The van der Waals surface area contributed by atoms with Gasteiger partial charge in [-0.1, -0.05) is 12.1 Å². The van der Waals surface area contributed by atoms with Gasteiger partial charge in [-0.2, -0.15) is 5.10 Å². The van der Waals surface area contributed by atoms with Gasteiger partial charge in [-0.15, -0.1) is 12.4 Å². The summed E-state index contributed by atoms with van der Waals surface area (Å²) in [7, 11) is 3.46. The number of aliphatic hydroxyl groups is 1. The van der Waals surface area contributed by atoms with Crippen LogP contribution in [-0.2, 0) is 11.8 Å². The first-order chi connectivity index (χ1) is 12.1. The number of aromatic nitrogens is 2. The van der Waals surface area contributed by atoms with Crippen molar-refractivity contribution in [3.8, 4) is 5.75 Å². The fourth-order valence-electron chi connectivity index (χ4n) is 3.21. The summed E-state index contributed by atoms with van der Waals surface area (Å²) in [5.41, 5.74) is 1.80. The van der Waals surface area contributed by atoms with Crippen LogP contribution >= 0.6 is 12.4 Å². The molecule has 2 aromatic rings. The van der Waals surface area contributed by atoms with Crippen LogP contribution < -0.4 is 15.4 Å². The highest BCUT2D eigenvalue weighted by Gasteiger charge is 2.34. The normalized spacial score (nSPS) is 20.3. The van der Waals surface area contributed by atoms with E-state index in [2.05, 4.69) is 15.7 Å². The molecule has 0 bridgehead atoms. The van der Waals surface area contributed by atoms with E-state index < -0.39 is 6.10 Å². The molecule has 0 saturated carbocycles. The summed E-state index contributed by atoms with van der Waals surface area (Å²) in [6, 6.07) is 7.18. The van der Waals surface area contributed by atoms with Gasteiger partial charge in [-0.25, -0.2) is 0 Å². The summed E-state index contributed by atoms with van der Waals surface area (Å²) in [6.07, 6.45) is 3.01. The zero-order valence-electron chi connectivity index (χ0n) is 14.9. The van der Waals surface area contributed by atoms with Crippen molar-refractivity contribution in [2.24, 2.45) is 13.0 Å². The largest absolute Gasteiger partial charge is 0.497 e. The fraction of sp³-hybridized carbons (Fsp3) is 0.444. The number of benzene rings is 1. The second-order valence-corrected chi connectivity index (χ2v) is 6.35. The van der Waals surface area contributed by atoms with E-state index in [1.807, 2.05) is 19.4 Å². The van der Waals surface area contributed by atoms with E-state index in [1.165, 1.54) is 0 Å². The summed E-state index contributed by atoms with van der Waals surface area (Å²) in [4.78, 5) is 12.6. The Hall–Kier alpha value is -2.09. The number of carbonyl (C=O) groups excluding carboxylic acids is 1. The molecule has 2 heterocycles. The van der Waals surface area contributed by atoms with Crippen LogP contribution in [0.15, 0.2) is 36.7 Å². The van der Waals surface area contributed by atoms with Crippen molar-refractivity contribution in [1.29, 1.82) is 0 Å². The fourth-order valence-corrected chi connectivity index (χ4v) is 3.21. The summed E-state index contributed by atoms with van der Waals surface area (Å²) in [5, 5.41) is 20.6. The van der Waals surface area contributed by atoms with Gasteiger partial charge in [0, 0.05) is 38.8 Å². The lowest BCUT2D eigenvalue weighted by Gasteiger charge is -2.19. The number of methoxy groups -OCH3 is 1. The highest BCUT2D eigenvalue weighted by atomic mass is 35.5. The second-order valence-electron chi connectivity index (χ2n) is 6.35. The van der Waals surface area contributed by atoms with Gasteiger partial charge in [0.1, 0.15) is 5.75 Å². The predicted octanol–water partition coefficient (Wildman–Crippen LogP) is 1.00. The molecule has 1 aromatic heterocycles. The summed E-state index contributed by atoms with van der Waals surface area (Å²) < 4.78 is 6.85. The Balaban J connectivity index is 0.00000243. The molecule has 1 aliphatic heterocycles. The maximum absolute atomic E-state index is 12.6. The zero-order chi connectivity index (χ0) is 17.8. The van der Waals surface area contributed by atoms with Gasteiger partial charge >= 0.3 is 0 Å². The van der Waals surface area contributed by atoms with Crippen LogP contribution in [0.1, 0.15) is 23.1 Å².